The topological polar surface area (TPSA) is 47.6 Å². The van der Waals surface area contributed by atoms with Crippen molar-refractivity contribution >= 4 is 5.78 Å². The zero-order chi connectivity index (χ0) is 12.1. The third-order valence-corrected chi connectivity index (χ3v) is 2.21. The van der Waals surface area contributed by atoms with Gasteiger partial charge in [-0.2, -0.15) is 0 Å². The minimum atomic E-state index is 0.319. The molecule has 16 heavy (non-hydrogen) atoms. The largest absolute Gasteiger partial charge is 0.381 e. The molecule has 1 N–H and O–H groups in total. The van der Waals surface area contributed by atoms with Gasteiger partial charge >= 0.3 is 0 Å². The summed E-state index contributed by atoms with van der Waals surface area (Å²) in [4.78, 5) is 11.0. The van der Waals surface area contributed by atoms with Gasteiger partial charge in [-0.15, -0.1) is 0 Å². The first-order valence-electron chi connectivity index (χ1n) is 6.13. The van der Waals surface area contributed by atoms with Crippen molar-refractivity contribution in [2.45, 2.75) is 32.6 Å². The van der Waals surface area contributed by atoms with Gasteiger partial charge in [0.15, 0.2) is 0 Å². The van der Waals surface area contributed by atoms with Crippen LogP contribution in [0.3, 0.4) is 0 Å². The van der Waals surface area contributed by atoms with Crippen LogP contribution in [0.15, 0.2) is 0 Å². The Morgan fingerprint density at radius 3 is 2.31 bits per heavy atom. The van der Waals surface area contributed by atoms with E-state index in [0.29, 0.717) is 25.2 Å². The first kappa shape index (κ1) is 15.6. The van der Waals surface area contributed by atoms with Crippen molar-refractivity contribution in [3.8, 4) is 0 Å². The highest BCUT2D eigenvalue weighted by atomic mass is 16.5. The molecule has 0 fully saturated rings. The maximum absolute atomic E-state index is 11.0. The molecule has 0 bridgehead atoms. The fourth-order valence-electron chi connectivity index (χ4n) is 1.19. The molecule has 0 saturated carbocycles. The quantitative estimate of drug-likeness (QED) is 0.516. The highest BCUT2D eigenvalue weighted by Crippen LogP contribution is 1.95. The van der Waals surface area contributed by atoms with Crippen molar-refractivity contribution in [2.75, 3.05) is 40.0 Å². The SMILES string of the molecule is CCC(=O)CCCOCCCOCCNC. The Balaban J connectivity index is 2.96. The number of nitrogens with one attached hydrogen (secondary N) is 1. The molecule has 4 nitrogen and oxygen atoms in total. The summed E-state index contributed by atoms with van der Waals surface area (Å²) < 4.78 is 10.7. The number of ketones is 1. The Labute approximate surface area is 98.7 Å². The molecule has 0 aromatic carbocycles. The first-order valence-corrected chi connectivity index (χ1v) is 6.13. The molecule has 0 aliphatic carbocycles. The van der Waals surface area contributed by atoms with Gasteiger partial charge in [0.25, 0.3) is 0 Å². The van der Waals surface area contributed by atoms with Crippen LogP contribution in [-0.4, -0.2) is 45.8 Å². The lowest BCUT2D eigenvalue weighted by Gasteiger charge is -2.05. The van der Waals surface area contributed by atoms with Gasteiger partial charge in [-0.3, -0.25) is 4.79 Å². The molecule has 0 unspecified atom stereocenters. The average Bonchev–Trinajstić information content (AvgIpc) is 2.31. The minimum absolute atomic E-state index is 0.319. The van der Waals surface area contributed by atoms with Gasteiger partial charge in [0.1, 0.15) is 5.78 Å². The van der Waals surface area contributed by atoms with Gasteiger partial charge < -0.3 is 14.8 Å². The number of Topliss-reactive ketones (excluding diaryl/α,β-unsaturated/α-hetero) is 1. The van der Waals surface area contributed by atoms with Gasteiger partial charge in [0.05, 0.1) is 6.61 Å². The van der Waals surface area contributed by atoms with Crippen LogP contribution >= 0.6 is 0 Å². The van der Waals surface area contributed by atoms with Gasteiger partial charge in [-0.1, -0.05) is 6.92 Å². The number of rotatable bonds is 12. The smallest absolute Gasteiger partial charge is 0.132 e. The fourth-order valence-corrected chi connectivity index (χ4v) is 1.19. The van der Waals surface area contributed by atoms with Crippen molar-refractivity contribution in [1.29, 1.82) is 0 Å². The molecule has 0 aromatic rings. The van der Waals surface area contributed by atoms with E-state index in [0.717, 1.165) is 39.2 Å². The van der Waals surface area contributed by atoms with E-state index in [-0.39, 0.29) is 0 Å². The summed E-state index contributed by atoms with van der Waals surface area (Å²) in [5.74, 6) is 0.319. The second kappa shape index (κ2) is 12.6. The lowest BCUT2D eigenvalue weighted by molar-refractivity contribution is -0.119. The van der Waals surface area contributed by atoms with Crippen molar-refractivity contribution in [3.63, 3.8) is 0 Å². The number of hydrogen-bond donors (Lipinski definition) is 1. The Kier molecular flexibility index (Phi) is 12.3. The number of ether oxygens (including phenoxy) is 2. The third-order valence-electron chi connectivity index (χ3n) is 2.21. The average molecular weight is 231 g/mol. The molecular formula is C12H25NO3. The highest BCUT2D eigenvalue weighted by Gasteiger charge is 1.97. The predicted molar refractivity (Wildman–Crippen MR) is 64.7 cm³/mol. The normalized spacial score (nSPS) is 10.6. The lowest BCUT2D eigenvalue weighted by Crippen LogP contribution is -2.15. The van der Waals surface area contributed by atoms with Crippen LogP contribution in [0.2, 0.25) is 0 Å². The summed E-state index contributed by atoms with van der Waals surface area (Å²) in [6.45, 7) is 5.69. The maximum atomic E-state index is 11.0. The number of likely N-dealkylation sites (N-methyl/N-ethyl adjacent to an activating group) is 1. The monoisotopic (exact) mass is 231 g/mol. The van der Waals surface area contributed by atoms with Crippen molar-refractivity contribution in [3.05, 3.63) is 0 Å². The molecule has 0 radical (unpaired) electrons. The lowest BCUT2D eigenvalue weighted by atomic mass is 10.2. The number of hydrogen-bond acceptors (Lipinski definition) is 4. The standard InChI is InChI=1S/C12H25NO3/c1-3-12(14)6-4-8-15-9-5-10-16-11-7-13-2/h13H,3-11H2,1-2H3. The Morgan fingerprint density at radius 2 is 1.69 bits per heavy atom. The second-order valence-electron chi connectivity index (χ2n) is 3.68. The zero-order valence-electron chi connectivity index (χ0n) is 10.6. The molecule has 4 heteroatoms. The summed E-state index contributed by atoms with van der Waals surface area (Å²) in [7, 11) is 1.91. The van der Waals surface area contributed by atoms with Crippen LogP contribution in [0.1, 0.15) is 32.6 Å². The number of carbonyl (C=O) groups is 1. The second-order valence-corrected chi connectivity index (χ2v) is 3.68. The summed E-state index contributed by atoms with van der Waals surface area (Å²) in [5, 5.41) is 3.01. The van der Waals surface area contributed by atoms with Crippen LogP contribution in [0.25, 0.3) is 0 Å². The van der Waals surface area contributed by atoms with Crippen LogP contribution in [0.4, 0.5) is 0 Å². The molecule has 0 aliphatic rings. The van der Waals surface area contributed by atoms with E-state index in [1.54, 1.807) is 0 Å². The van der Waals surface area contributed by atoms with Crippen molar-refractivity contribution in [1.82, 2.24) is 5.32 Å². The highest BCUT2D eigenvalue weighted by molar-refractivity contribution is 5.77. The Morgan fingerprint density at radius 1 is 1.06 bits per heavy atom. The van der Waals surface area contributed by atoms with Crippen LogP contribution in [0.5, 0.6) is 0 Å². The van der Waals surface area contributed by atoms with Crippen molar-refractivity contribution in [2.24, 2.45) is 0 Å². The molecule has 0 aliphatic heterocycles. The Hall–Kier alpha value is -0.450. The molecule has 96 valence electrons. The predicted octanol–water partition coefficient (Wildman–Crippen LogP) is 1.39. The summed E-state index contributed by atoms with van der Waals surface area (Å²) in [5.41, 5.74) is 0. The first-order chi connectivity index (χ1) is 7.81. The molecule has 0 amide bonds. The van der Waals surface area contributed by atoms with E-state index in [1.165, 1.54) is 0 Å². The summed E-state index contributed by atoms with van der Waals surface area (Å²) in [6.07, 6.45) is 3.05. The molecule has 0 rings (SSSR count). The number of carbonyl (C=O) groups excluding carboxylic acids is 1. The van der Waals surface area contributed by atoms with Crippen LogP contribution in [0, 0.1) is 0 Å². The van der Waals surface area contributed by atoms with Crippen molar-refractivity contribution < 1.29 is 14.3 Å². The minimum Gasteiger partial charge on any atom is -0.381 e. The molecule has 0 aromatic heterocycles. The van der Waals surface area contributed by atoms with E-state index in [1.807, 2.05) is 14.0 Å². The molecule has 0 saturated heterocycles. The Bertz CT molecular complexity index is 162. The van der Waals surface area contributed by atoms with E-state index in [2.05, 4.69) is 5.32 Å². The molecule has 0 atom stereocenters. The third kappa shape index (κ3) is 11.6. The van der Waals surface area contributed by atoms with E-state index >= 15 is 0 Å². The maximum Gasteiger partial charge on any atom is 0.132 e. The van der Waals surface area contributed by atoms with E-state index in [4.69, 9.17) is 9.47 Å². The van der Waals surface area contributed by atoms with Gasteiger partial charge in [0.2, 0.25) is 0 Å². The van der Waals surface area contributed by atoms with Gasteiger partial charge in [-0.25, -0.2) is 0 Å². The zero-order valence-corrected chi connectivity index (χ0v) is 10.6. The van der Waals surface area contributed by atoms with Gasteiger partial charge in [-0.05, 0) is 19.9 Å². The summed E-state index contributed by atoms with van der Waals surface area (Å²) in [6, 6.07) is 0. The van der Waals surface area contributed by atoms with E-state index < -0.39 is 0 Å². The van der Waals surface area contributed by atoms with Crippen LogP contribution in [-0.2, 0) is 14.3 Å². The fraction of sp³-hybridized carbons (Fsp3) is 0.917. The molecule has 0 spiro atoms. The van der Waals surface area contributed by atoms with E-state index in [9.17, 15) is 4.79 Å². The molecular weight excluding hydrogens is 206 g/mol. The summed E-state index contributed by atoms with van der Waals surface area (Å²) >= 11 is 0. The van der Waals surface area contributed by atoms with Crippen LogP contribution < -0.4 is 5.32 Å². The van der Waals surface area contributed by atoms with Gasteiger partial charge in [0, 0.05) is 39.2 Å². The molecule has 0 heterocycles.